The maximum Gasteiger partial charge on any atom is 0.333 e. The first-order chi connectivity index (χ1) is 14.3. The van der Waals surface area contributed by atoms with Crippen molar-refractivity contribution >= 4 is 17.7 Å². The van der Waals surface area contributed by atoms with Gasteiger partial charge in [0.1, 0.15) is 13.0 Å². The van der Waals surface area contributed by atoms with E-state index in [1.807, 2.05) is 43.3 Å². The third-order valence-electron chi connectivity index (χ3n) is 5.49. The summed E-state index contributed by atoms with van der Waals surface area (Å²) in [5.74, 6) is -1.29. The van der Waals surface area contributed by atoms with Gasteiger partial charge in [-0.05, 0) is 36.5 Å². The van der Waals surface area contributed by atoms with Crippen LogP contribution in [0.25, 0.3) is 0 Å². The van der Waals surface area contributed by atoms with Crippen LogP contribution in [-0.2, 0) is 35.2 Å². The van der Waals surface area contributed by atoms with E-state index in [0.29, 0.717) is 31.6 Å². The second-order valence-corrected chi connectivity index (χ2v) is 7.80. The average Bonchev–Trinajstić information content (AvgIpc) is 2.74. The number of methoxy groups -OCH3 is 1. The first-order valence-corrected chi connectivity index (χ1v) is 10.1. The number of benzene rings is 1. The number of hydrogen-bond donors (Lipinski definition) is 0. The average molecular weight is 414 g/mol. The van der Waals surface area contributed by atoms with Gasteiger partial charge in [0.15, 0.2) is 5.78 Å². The summed E-state index contributed by atoms with van der Waals surface area (Å²) in [7, 11) is 1.32. The minimum Gasteiger partial charge on any atom is -0.466 e. The molecule has 0 amide bonds. The lowest BCUT2D eigenvalue weighted by Crippen LogP contribution is -2.29. The summed E-state index contributed by atoms with van der Waals surface area (Å²) in [4.78, 5) is 36.1. The lowest BCUT2D eigenvalue weighted by Gasteiger charge is -2.33. The van der Waals surface area contributed by atoms with Crippen LogP contribution in [0.3, 0.4) is 0 Å². The van der Waals surface area contributed by atoms with Crippen molar-refractivity contribution in [3.05, 3.63) is 59.7 Å². The van der Waals surface area contributed by atoms with Gasteiger partial charge in [-0.1, -0.05) is 50.3 Å². The molecule has 0 N–H and O–H groups in total. The number of rotatable bonds is 5. The first kappa shape index (κ1) is 23.5. The first-order valence-electron chi connectivity index (χ1n) is 10.1. The molecule has 0 aliphatic carbocycles. The van der Waals surface area contributed by atoms with Gasteiger partial charge in [0.05, 0.1) is 20.3 Å². The Labute approximate surface area is 177 Å². The summed E-state index contributed by atoms with van der Waals surface area (Å²) >= 11 is 0. The fourth-order valence-electron chi connectivity index (χ4n) is 3.21. The summed E-state index contributed by atoms with van der Waals surface area (Å²) < 4.78 is 15.9. The van der Waals surface area contributed by atoms with Crippen LogP contribution < -0.4 is 0 Å². The van der Waals surface area contributed by atoms with Crippen LogP contribution in [-0.4, -0.2) is 38.0 Å². The summed E-state index contributed by atoms with van der Waals surface area (Å²) in [5, 5.41) is 0. The van der Waals surface area contributed by atoms with Crippen molar-refractivity contribution in [1.29, 1.82) is 0 Å². The molecule has 0 saturated heterocycles. The SMILES string of the molecule is COC(=O)/C1=C\COC(=O)CC(=O)/C=C/[C@@](C)(COCc2ccccc2)[C@@H](C)CC1. The van der Waals surface area contributed by atoms with Crippen molar-refractivity contribution in [2.24, 2.45) is 11.3 Å². The van der Waals surface area contributed by atoms with E-state index in [-0.39, 0.29) is 24.7 Å². The van der Waals surface area contributed by atoms with Crippen LogP contribution >= 0.6 is 0 Å². The van der Waals surface area contributed by atoms with E-state index in [4.69, 9.17) is 14.2 Å². The predicted octanol–water partition coefficient (Wildman–Crippen LogP) is 3.80. The number of ketones is 1. The predicted molar refractivity (Wildman–Crippen MR) is 112 cm³/mol. The van der Waals surface area contributed by atoms with Gasteiger partial charge in [-0.3, -0.25) is 9.59 Å². The Morgan fingerprint density at radius 3 is 2.67 bits per heavy atom. The fraction of sp³-hybridized carbons (Fsp3) is 0.458. The molecular formula is C24H30O6. The van der Waals surface area contributed by atoms with Crippen molar-refractivity contribution in [1.82, 2.24) is 0 Å². The molecule has 1 aliphatic heterocycles. The van der Waals surface area contributed by atoms with E-state index in [0.717, 1.165) is 5.56 Å². The molecule has 0 saturated carbocycles. The molecule has 0 radical (unpaired) electrons. The molecular weight excluding hydrogens is 384 g/mol. The second-order valence-electron chi connectivity index (χ2n) is 7.80. The highest BCUT2D eigenvalue weighted by Crippen LogP contribution is 2.34. The molecule has 0 aromatic heterocycles. The normalized spacial score (nSPS) is 26.2. The number of esters is 2. The van der Waals surface area contributed by atoms with Crippen molar-refractivity contribution in [2.45, 2.75) is 39.7 Å². The number of allylic oxidation sites excluding steroid dienone is 1. The maximum atomic E-state index is 12.2. The van der Waals surface area contributed by atoms with Crippen LogP contribution in [0.1, 0.15) is 38.7 Å². The molecule has 1 aromatic carbocycles. The van der Waals surface area contributed by atoms with E-state index >= 15 is 0 Å². The molecule has 2 rings (SSSR count). The van der Waals surface area contributed by atoms with Gasteiger partial charge in [-0.25, -0.2) is 4.79 Å². The van der Waals surface area contributed by atoms with Crippen molar-refractivity contribution in [3.8, 4) is 0 Å². The Hall–Kier alpha value is -2.73. The lowest BCUT2D eigenvalue weighted by atomic mass is 9.75. The van der Waals surface area contributed by atoms with Gasteiger partial charge in [0.25, 0.3) is 0 Å². The molecule has 162 valence electrons. The zero-order valence-corrected chi connectivity index (χ0v) is 17.9. The van der Waals surface area contributed by atoms with Crippen LogP contribution in [0.5, 0.6) is 0 Å². The molecule has 30 heavy (non-hydrogen) atoms. The maximum absolute atomic E-state index is 12.2. The van der Waals surface area contributed by atoms with Crippen LogP contribution in [0.15, 0.2) is 54.1 Å². The van der Waals surface area contributed by atoms with Crippen molar-refractivity contribution in [2.75, 3.05) is 20.3 Å². The largest absolute Gasteiger partial charge is 0.466 e. The minimum absolute atomic E-state index is 0.0634. The highest BCUT2D eigenvalue weighted by Gasteiger charge is 2.30. The summed E-state index contributed by atoms with van der Waals surface area (Å²) in [6.07, 6.45) is 5.62. The molecule has 6 nitrogen and oxygen atoms in total. The van der Waals surface area contributed by atoms with E-state index in [1.54, 1.807) is 6.08 Å². The van der Waals surface area contributed by atoms with Crippen molar-refractivity contribution < 1.29 is 28.6 Å². The third-order valence-corrected chi connectivity index (χ3v) is 5.49. The Morgan fingerprint density at radius 2 is 1.97 bits per heavy atom. The van der Waals surface area contributed by atoms with Gasteiger partial charge in [-0.15, -0.1) is 0 Å². The van der Waals surface area contributed by atoms with E-state index < -0.39 is 17.4 Å². The Bertz CT molecular complexity index is 795. The summed E-state index contributed by atoms with van der Waals surface area (Å²) in [5.41, 5.74) is 1.07. The molecule has 0 spiro atoms. The smallest absolute Gasteiger partial charge is 0.333 e. The lowest BCUT2D eigenvalue weighted by molar-refractivity contribution is -0.144. The molecule has 1 aromatic rings. The molecule has 6 heteroatoms. The van der Waals surface area contributed by atoms with E-state index in [2.05, 4.69) is 6.92 Å². The highest BCUT2D eigenvalue weighted by atomic mass is 16.5. The standard InChI is InChI=1S/C24H30O6/c1-18-9-10-20(23(27)28-3)12-14-30-22(26)15-21(25)11-13-24(18,2)17-29-16-19-7-5-4-6-8-19/h4-8,11-13,18H,9-10,14-17H2,1-3H3/b13-11+,20-12-/t18-,24-/m0/s1. The Balaban J connectivity index is 2.18. The number of ether oxygens (including phenoxy) is 3. The van der Waals surface area contributed by atoms with Crippen LogP contribution in [0, 0.1) is 11.3 Å². The highest BCUT2D eigenvalue weighted by molar-refractivity contribution is 6.02. The molecule has 0 bridgehead atoms. The molecule has 1 aliphatic rings. The van der Waals surface area contributed by atoms with E-state index in [9.17, 15) is 14.4 Å². The van der Waals surface area contributed by atoms with E-state index in [1.165, 1.54) is 13.2 Å². The Kier molecular flexibility index (Phi) is 8.99. The number of cyclic esters (lactones) is 1. The van der Waals surface area contributed by atoms with Crippen molar-refractivity contribution in [3.63, 3.8) is 0 Å². The minimum atomic E-state index is -0.626. The van der Waals surface area contributed by atoms with Gasteiger partial charge >= 0.3 is 11.9 Å². The topological polar surface area (TPSA) is 78.9 Å². The molecule has 0 unspecified atom stereocenters. The number of carbonyl (C=O) groups excluding carboxylic acids is 3. The quantitative estimate of drug-likeness (QED) is 0.539. The second kappa shape index (κ2) is 11.5. The summed E-state index contributed by atoms with van der Waals surface area (Å²) in [6.45, 7) is 4.88. The van der Waals surface area contributed by atoms with Gasteiger partial charge in [0, 0.05) is 11.0 Å². The van der Waals surface area contributed by atoms with Crippen LogP contribution in [0.4, 0.5) is 0 Å². The number of carbonyl (C=O) groups is 3. The fourth-order valence-corrected chi connectivity index (χ4v) is 3.21. The number of hydrogen-bond acceptors (Lipinski definition) is 6. The van der Waals surface area contributed by atoms with Gasteiger partial charge in [0.2, 0.25) is 0 Å². The molecule has 0 fully saturated rings. The van der Waals surface area contributed by atoms with Crippen LogP contribution in [0.2, 0.25) is 0 Å². The third kappa shape index (κ3) is 7.26. The zero-order chi connectivity index (χ0) is 22.0. The van der Waals surface area contributed by atoms with Gasteiger partial charge in [-0.2, -0.15) is 0 Å². The van der Waals surface area contributed by atoms with Gasteiger partial charge < -0.3 is 14.2 Å². The summed E-state index contributed by atoms with van der Waals surface area (Å²) in [6, 6.07) is 9.86. The molecule has 2 atom stereocenters. The Morgan fingerprint density at radius 1 is 1.23 bits per heavy atom. The zero-order valence-electron chi connectivity index (χ0n) is 17.9. The monoisotopic (exact) mass is 414 g/mol. The molecule has 1 heterocycles.